The van der Waals surface area contributed by atoms with Crippen molar-refractivity contribution in [2.24, 2.45) is 0 Å². The summed E-state index contributed by atoms with van der Waals surface area (Å²) >= 11 is 0. The van der Waals surface area contributed by atoms with Gasteiger partial charge in [0.1, 0.15) is 11.5 Å². The van der Waals surface area contributed by atoms with E-state index in [0.717, 1.165) is 23.4 Å². The highest BCUT2D eigenvalue weighted by Crippen LogP contribution is 2.21. The molecule has 2 aromatic carbocycles. The Kier molecular flexibility index (Phi) is 5.96. The molecule has 2 aromatic rings. The predicted octanol–water partition coefficient (Wildman–Crippen LogP) is 2.28. The van der Waals surface area contributed by atoms with Crippen molar-refractivity contribution in [2.45, 2.75) is 19.1 Å². The molecule has 0 spiro atoms. The third-order valence-corrected chi connectivity index (χ3v) is 4.45. The third-order valence-electron chi connectivity index (χ3n) is 4.45. The van der Waals surface area contributed by atoms with Crippen molar-refractivity contribution in [2.75, 3.05) is 32.1 Å². The zero-order valence-corrected chi connectivity index (χ0v) is 14.9. The van der Waals surface area contributed by atoms with Crippen molar-refractivity contribution >= 4 is 11.6 Å². The lowest BCUT2D eigenvalue weighted by Crippen LogP contribution is -2.35. The summed E-state index contributed by atoms with van der Waals surface area (Å²) in [6.07, 6.45) is 0.897. The van der Waals surface area contributed by atoms with Crippen LogP contribution in [0.15, 0.2) is 48.5 Å². The maximum atomic E-state index is 12.4. The van der Waals surface area contributed by atoms with Crippen molar-refractivity contribution in [1.29, 1.82) is 0 Å². The molecule has 6 nitrogen and oxygen atoms in total. The fourth-order valence-corrected chi connectivity index (χ4v) is 2.98. The molecule has 0 bridgehead atoms. The summed E-state index contributed by atoms with van der Waals surface area (Å²) in [4.78, 5) is 14.2. The van der Waals surface area contributed by atoms with Crippen LogP contribution in [-0.4, -0.2) is 48.8 Å². The van der Waals surface area contributed by atoms with Gasteiger partial charge in [0.15, 0.2) is 6.61 Å². The first kappa shape index (κ1) is 18.1. The van der Waals surface area contributed by atoms with E-state index in [4.69, 9.17) is 14.6 Å². The molecule has 138 valence electrons. The fourth-order valence-electron chi connectivity index (χ4n) is 2.98. The van der Waals surface area contributed by atoms with Crippen LogP contribution in [0.2, 0.25) is 0 Å². The molecule has 0 aromatic heterocycles. The summed E-state index contributed by atoms with van der Waals surface area (Å²) in [5, 5.41) is 12.5. The standard InChI is InChI=1S/C20H24N2O4/c1-25-19-4-2-3-16(11-19)21-17-9-10-22(12-17)20(24)14-26-18-7-5-15(13-23)6-8-18/h2-8,11,17,21,23H,9-10,12-14H2,1H3. The highest BCUT2D eigenvalue weighted by molar-refractivity contribution is 5.78. The number of hydrogen-bond donors (Lipinski definition) is 2. The summed E-state index contributed by atoms with van der Waals surface area (Å²) in [7, 11) is 1.65. The lowest BCUT2D eigenvalue weighted by molar-refractivity contribution is -0.132. The van der Waals surface area contributed by atoms with Gasteiger partial charge < -0.3 is 24.8 Å². The number of likely N-dealkylation sites (tertiary alicyclic amines) is 1. The number of carbonyl (C=O) groups is 1. The molecule has 1 unspecified atom stereocenters. The Bertz CT molecular complexity index is 733. The smallest absolute Gasteiger partial charge is 0.260 e. The van der Waals surface area contributed by atoms with Crippen LogP contribution < -0.4 is 14.8 Å². The topological polar surface area (TPSA) is 71.0 Å². The fraction of sp³-hybridized carbons (Fsp3) is 0.350. The minimum absolute atomic E-state index is 0.00529. The number of methoxy groups -OCH3 is 1. The normalized spacial score (nSPS) is 16.4. The highest BCUT2D eigenvalue weighted by Gasteiger charge is 2.26. The van der Waals surface area contributed by atoms with E-state index in [0.29, 0.717) is 18.8 Å². The van der Waals surface area contributed by atoms with Crippen LogP contribution in [0.25, 0.3) is 0 Å². The van der Waals surface area contributed by atoms with Crippen LogP contribution in [0.5, 0.6) is 11.5 Å². The van der Waals surface area contributed by atoms with Crippen LogP contribution in [0, 0.1) is 0 Å². The second-order valence-corrected chi connectivity index (χ2v) is 6.29. The lowest BCUT2D eigenvalue weighted by atomic mass is 10.2. The molecule has 0 radical (unpaired) electrons. The number of aliphatic hydroxyl groups is 1. The first-order valence-corrected chi connectivity index (χ1v) is 8.69. The molecule has 1 aliphatic rings. The monoisotopic (exact) mass is 356 g/mol. The Labute approximate surface area is 153 Å². The number of aliphatic hydroxyl groups excluding tert-OH is 1. The van der Waals surface area contributed by atoms with E-state index in [1.54, 1.807) is 31.4 Å². The Morgan fingerprint density at radius 1 is 1.23 bits per heavy atom. The average Bonchev–Trinajstić information content (AvgIpc) is 3.15. The van der Waals surface area contributed by atoms with Crippen molar-refractivity contribution in [3.8, 4) is 11.5 Å². The second-order valence-electron chi connectivity index (χ2n) is 6.29. The quantitative estimate of drug-likeness (QED) is 0.796. The van der Waals surface area contributed by atoms with Gasteiger partial charge in [0, 0.05) is 30.9 Å². The first-order valence-electron chi connectivity index (χ1n) is 8.69. The molecule has 1 amide bonds. The van der Waals surface area contributed by atoms with Gasteiger partial charge in [-0.1, -0.05) is 18.2 Å². The van der Waals surface area contributed by atoms with E-state index in [1.165, 1.54) is 0 Å². The van der Waals surface area contributed by atoms with E-state index in [1.807, 2.05) is 29.2 Å². The summed E-state index contributed by atoms with van der Waals surface area (Å²) < 4.78 is 10.8. The molecule has 1 saturated heterocycles. The van der Waals surface area contributed by atoms with Crippen molar-refractivity contribution < 1.29 is 19.4 Å². The molecule has 2 N–H and O–H groups in total. The zero-order valence-electron chi connectivity index (χ0n) is 14.9. The minimum Gasteiger partial charge on any atom is -0.497 e. The molecule has 1 fully saturated rings. The number of anilines is 1. The van der Waals surface area contributed by atoms with Gasteiger partial charge in [-0.3, -0.25) is 4.79 Å². The minimum atomic E-state index is -0.0221. The molecular weight excluding hydrogens is 332 g/mol. The number of ether oxygens (including phenoxy) is 2. The van der Waals surface area contributed by atoms with Crippen molar-refractivity contribution in [3.63, 3.8) is 0 Å². The van der Waals surface area contributed by atoms with Gasteiger partial charge in [-0.05, 0) is 36.2 Å². The average molecular weight is 356 g/mol. The molecule has 3 rings (SSSR count). The number of amides is 1. The SMILES string of the molecule is COc1cccc(NC2CCN(C(=O)COc3ccc(CO)cc3)C2)c1. The van der Waals surface area contributed by atoms with Gasteiger partial charge in [-0.2, -0.15) is 0 Å². The molecule has 1 aliphatic heterocycles. The van der Waals surface area contributed by atoms with Gasteiger partial charge in [0.2, 0.25) is 0 Å². The maximum Gasteiger partial charge on any atom is 0.260 e. The molecule has 0 saturated carbocycles. The van der Waals surface area contributed by atoms with Gasteiger partial charge >= 0.3 is 0 Å². The summed E-state index contributed by atoms with van der Waals surface area (Å²) in [5.74, 6) is 1.41. The van der Waals surface area contributed by atoms with Crippen LogP contribution in [0.4, 0.5) is 5.69 Å². The number of benzene rings is 2. The van der Waals surface area contributed by atoms with Gasteiger partial charge in [0.05, 0.1) is 13.7 Å². The zero-order chi connectivity index (χ0) is 18.4. The molecular formula is C20H24N2O4. The van der Waals surface area contributed by atoms with E-state index in [9.17, 15) is 4.79 Å². The number of nitrogens with one attached hydrogen (secondary N) is 1. The highest BCUT2D eigenvalue weighted by atomic mass is 16.5. The predicted molar refractivity (Wildman–Crippen MR) is 99.5 cm³/mol. The van der Waals surface area contributed by atoms with Gasteiger partial charge in [0.25, 0.3) is 5.91 Å². The third kappa shape index (κ3) is 4.67. The number of hydrogen-bond acceptors (Lipinski definition) is 5. The molecule has 1 heterocycles. The van der Waals surface area contributed by atoms with Crippen molar-refractivity contribution in [3.05, 3.63) is 54.1 Å². The number of carbonyl (C=O) groups excluding carboxylic acids is 1. The molecule has 0 aliphatic carbocycles. The Morgan fingerprint density at radius 2 is 2.04 bits per heavy atom. The summed E-state index contributed by atoms with van der Waals surface area (Å²) in [5.41, 5.74) is 1.80. The number of rotatable bonds is 7. The van der Waals surface area contributed by atoms with E-state index in [2.05, 4.69) is 5.32 Å². The van der Waals surface area contributed by atoms with E-state index >= 15 is 0 Å². The maximum absolute atomic E-state index is 12.4. The van der Waals surface area contributed by atoms with Gasteiger partial charge in [-0.25, -0.2) is 0 Å². The number of nitrogens with zero attached hydrogens (tertiary/aromatic N) is 1. The Balaban J connectivity index is 1.47. The van der Waals surface area contributed by atoms with Crippen LogP contribution in [-0.2, 0) is 11.4 Å². The largest absolute Gasteiger partial charge is 0.497 e. The Morgan fingerprint density at radius 3 is 2.77 bits per heavy atom. The second kappa shape index (κ2) is 8.58. The summed E-state index contributed by atoms with van der Waals surface area (Å²) in [6, 6.07) is 15.1. The van der Waals surface area contributed by atoms with E-state index < -0.39 is 0 Å². The summed E-state index contributed by atoms with van der Waals surface area (Å²) in [6.45, 7) is 1.38. The molecule has 26 heavy (non-hydrogen) atoms. The van der Waals surface area contributed by atoms with Crippen LogP contribution >= 0.6 is 0 Å². The van der Waals surface area contributed by atoms with E-state index in [-0.39, 0.29) is 25.2 Å². The molecule has 1 atom stereocenters. The van der Waals surface area contributed by atoms with Gasteiger partial charge in [-0.15, -0.1) is 0 Å². The lowest BCUT2D eigenvalue weighted by Gasteiger charge is -2.18. The molecule has 6 heteroatoms. The first-order chi connectivity index (χ1) is 12.7. The van der Waals surface area contributed by atoms with Crippen LogP contribution in [0.3, 0.4) is 0 Å². The Hall–Kier alpha value is -2.73. The van der Waals surface area contributed by atoms with Crippen LogP contribution in [0.1, 0.15) is 12.0 Å². The van der Waals surface area contributed by atoms with Crippen molar-refractivity contribution in [1.82, 2.24) is 4.90 Å².